The molecule has 24 heavy (non-hydrogen) atoms. The lowest BCUT2D eigenvalue weighted by molar-refractivity contribution is -0.115. The van der Waals surface area contributed by atoms with Crippen LogP contribution in [0.1, 0.15) is 31.1 Å². The number of hydrogen-bond acceptors (Lipinski definition) is 4. The van der Waals surface area contributed by atoms with Gasteiger partial charge in [-0.25, -0.2) is 0 Å². The molecular formula is C16H23ClN4O3. The Morgan fingerprint density at radius 1 is 1.08 bits per heavy atom. The van der Waals surface area contributed by atoms with Crippen LogP contribution in [0, 0.1) is 0 Å². The predicted molar refractivity (Wildman–Crippen MR) is 95.7 cm³/mol. The van der Waals surface area contributed by atoms with E-state index >= 15 is 0 Å². The minimum Gasteiger partial charge on any atom is -0.333 e. The maximum atomic E-state index is 12.8. The highest BCUT2D eigenvalue weighted by atomic mass is 35.5. The number of hydrogen-bond donors (Lipinski definition) is 3. The van der Waals surface area contributed by atoms with Gasteiger partial charge in [-0.2, -0.15) is 0 Å². The number of benzene rings is 1. The van der Waals surface area contributed by atoms with Crippen LogP contribution in [-0.4, -0.2) is 48.3 Å². The third-order valence-electron chi connectivity index (χ3n) is 3.58. The lowest BCUT2D eigenvalue weighted by atomic mass is 10.1. The molecule has 1 aliphatic heterocycles. The van der Waals surface area contributed by atoms with Crippen LogP contribution in [-0.2, 0) is 9.59 Å². The predicted octanol–water partition coefficient (Wildman–Crippen LogP) is 1.46. The van der Waals surface area contributed by atoms with Gasteiger partial charge in [-0.05, 0) is 25.1 Å². The first-order valence-electron chi connectivity index (χ1n) is 7.59. The highest BCUT2D eigenvalue weighted by Gasteiger charge is 2.24. The normalized spacial score (nSPS) is 16.8. The number of nitrogens with zero attached hydrogens (tertiary/aromatic N) is 1. The average Bonchev–Trinajstić information content (AvgIpc) is 2.45. The van der Waals surface area contributed by atoms with Gasteiger partial charge in [0.1, 0.15) is 0 Å². The molecule has 0 spiro atoms. The molecule has 1 heterocycles. The zero-order chi connectivity index (χ0) is 17.0. The Bertz CT molecular complexity index is 601. The maximum Gasteiger partial charge on any atom is 0.254 e. The van der Waals surface area contributed by atoms with Gasteiger partial charge in [0.05, 0.1) is 0 Å². The Hall–Kier alpha value is -2.12. The van der Waals surface area contributed by atoms with E-state index in [1.54, 1.807) is 23.1 Å². The fourth-order valence-electron chi connectivity index (χ4n) is 2.61. The first kappa shape index (κ1) is 19.9. The molecule has 1 atom stereocenters. The van der Waals surface area contributed by atoms with Crippen molar-refractivity contribution in [1.82, 2.24) is 10.2 Å². The van der Waals surface area contributed by atoms with Crippen LogP contribution in [0.5, 0.6) is 0 Å². The molecule has 1 fully saturated rings. The zero-order valence-corrected chi connectivity index (χ0v) is 14.8. The highest BCUT2D eigenvalue weighted by Crippen LogP contribution is 2.21. The topological polar surface area (TPSA) is 90.5 Å². The molecule has 3 amide bonds. The van der Waals surface area contributed by atoms with E-state index < -0.39 is 0 Å². The molecule has 1 aromatic rings. The minimum atomic E-state index is -0.237. The van der Waals surface area contributed by atoms with Crippen molar-refractivity contribution in [3.63, 3.8) is 0 Å². The van der Waals surface area contributed by atoms with Crippen LogP contribution in [0.3, 0.4) is 0 Å². The SMILES string of the molecule is CC(=O)Nc1cc(NC(C)=O)cc(C(=O)N2CCNC[C@@H]2C)c1.Cl. The molecule has 7 nitrogen and oxygen atoms in total. The fraction of sp³-hybridized carbons (Fsp3) is 0.438. The smallest absolute Gasteiger partial charge is 0.254 e. The van der Waals surface area contributed by atoms with E-state index in [1.165, 1.54) is 13.8 Å². The molecule has 3 N–H and O–H groups in total. The lowest BCUT2D eigenvalue weighted by Gasteiger charge is -2.34. The summed E-state index contributed by atoms with van der Waals surface area (Å²) in [6, 6.07) is 4.97. The van der Waals surface area contributed by atoms with Gasteiger partial charge in [0.25, 0.3) is 5.91 Å². The number of carbonyl (C=O) groups is 3. The van der Waals surface area contributed by atoms with E-state index in [2.05, 4.69) is 16.0 Å². The van der Waals surface area contributed by atoms with Gasteiger partial charge in [-0.3, -0.25) is 14.4 Å². The van der Waals surface area contributed by atoms with Crippen LogP contribution < -0.4 is 16.0 Å². The van der Waals surface area contributed by atoms with E-state index in [9.17, 15) is 14.4 Å². The summed E-state index contributed by atoms with van der Waals surface area (Å²) in [7, 11) is 0. The quantitative estimate of drug-likeness (QED) is 0.766. The standard InChI is InChI=1S/C16H22N4O3.ClH/c1-10-9-17-4-5-20(10)16(23)13-6-14(18-11(2)21)8-15(7-13)19-12(3)22;/h6-8,10,17H,4-5,9H2,1-3H3,(H,18,21)(H,19,22);1H/t10-;/m0./s1. The molecule has 2 rings (SSSR count). The molecule has 132 valence electrons. The van der Waals surface area contributed by atoms with Crippen molar-refractivity contribution < 1.29 is 14.4 Å². The van der Waals surface area contributed by atoms with Crippen molar-refractivity contribution in [2.75, 3.05) is 30.3 Å². The molecule has 0 unspecified atom stereocenters. The van der Waals surface area contributed by atoms with E-state index in [-0.39, 0.29) is 36.2 Å². The lowest BCUT2D eigenvalue weighted by Crippen LogP contribution is -2.52. The maximum absolute atomic E-state index is 12.8. The Balaban J connectivity index is 0.00000288. The first-order chi connectivity index (χ1) is 10.9. The number of nitrogens with one attached hydrogen (secondary N) is 3. The minimum absolute atomic E-state index is 0. The molecule has 0 aliphatic carbocycles. The van der Waals surface area contributed by atoms with Crippen molar-refractivity contribution >= 4 is 41.5 Å². The summed E-state index contributed by atoms with van der Waals surface area (Å²) >= 11 is 0. The molecule has 1 saturated heterocycles. The van der Waals surface area contributed by atoms with Gasteiger partial charge >= 0.3 is 0 Å². The second-order valence-electron chi connectivity index (χ2n) is 5.71. The van der Waals surface area contributed by atoms with E-state index in [4.69, 9.17) is 0 Å². The van der Waals surface area contributed by atoms with Crippen LogP contribution in [0.25, 0.3) is 0 Å². The number of halogens is 1. The van der Waals surface area contributed by atoms with Gasteiger partial charge in [-0.1, -0.05) is 0 Å². The summed E-state index contributed by atoms with van der Waals surface area (Å²) in [5.74, 6) is -0.587. The second kappa shape index (κ2) is 8.65. The Kier molecular flexibility index (Phi) is 7.18. The van der Waals surface area contributed by atoms with Crippen molar-refractivity contribution in [3.05, 3.63) is 23.8 Å². The Morgan fingerprint density at radius 2 is 1.62 bits per heavy atom. The van der Waals surface area contributed by atoms with Crippen LogP contribution in [0.2, 0.25) is 0 Å². The molecule has 0 radical (unpaired) electrons. The van der Waals surface area contributed by atoms with Crippen molar-refractivity contribution in [3.8, 4) is 0 Å². The van der Waals surface area contributed by atoms with Crippen molar-refractivity contribution in [2.24, 2.45) is 0 Å². The van der Waals surface area contributed by atoms with Crippen molar-refractivity contribution in [1.29, 1.82) is 0 Å². The average molecular weight is 355 g/mol. The molecule has 0 bridgehead atoms. The van der Waals surface area contributed by atoms with Gasteiger partial charge in [-0.15, -0.1) is 12.4 Å². The van der Waals surface area contributed by atoms with E-state index in [0.29, 0.717) is 23.5 Å². The summed E-state index contributed by atoms with van der Waals surface area (Å²) in [5, 5.41) is 8.55. The summed E-state index contributed by atoms with van der Waals surface area (Å²) in [6.07, 6.45) is 0. The van der Waals surface area contributed by atoms with Gasteiger partial charge < -0.3 is 20.9 Å². The summed E-state index contributed by atoms with van der Waals surface area (Å²) in [6.45, 7) is 6.89. The third kappa shape index (κ3) is 5.21. The highest BCUT2D eigenvalue weighted by molar-refractivity contribution is 6.00. The molecule has 0 saturated carbocycles. The number of carbonyl (C=O) groups excluding carboxylic acids is 3. The van der Waals surface area contributed by atoms with E-state index in [1.807, 2.05) is 6.92 Å². The molecular weight excluding hydrogens is 332 g/mol. The van der Waals surface area contributed by atoms with E-state index in [0.717, 1.165) is 13.1 Å². The third-order valence-corrected chi connectivity index (χ3v) is 3.58. The first-order valence-corrected chi connectivity index (χ1v) is 7.59. The summed E-state index contributed by atoms with van der Waals surface area (Å²) in [5.41, 5.74) is 1.40. The van der Waals surface area contributed by atoms with Crippen LogP contribution >= 0.6 is 12.4 Å². The van der Waals surface area contributed by atoms with Gasteiger partial charge in [0.2, 0.25) is 11.8 Å². The molecule has 0 aromatic heterocycles. The Labute approximate surface area is 147 Å². The molecule has 8 heteroatoms. The Morgan fingerprint density at radius 3 is 2.08 bits per heavy atom. The summed E-state index contributed by atoms with van der Waals surface area (Å²) < 4.78 is 0. The molecule has 1 aromatic carbocycles. The number of piperazine rings is 1. The second-order valence-corrected chi connectivity index (χ2v) is 5.71. The monoisotopic (exact) mass is 354 g/mol. The van der Waals surface area contributed by atoms with Crippen LogP contribution in [0.15, 0.2) is 18.2 Å². The van der Waals surface area contributed by atoms with Gasteiger partial charge in [0.15, 0.2) is 0 Å². The number of rotatable bonds is 3. The summed E-state index contributed by atoms with van der Waals surface area (Å²) in [4.78, 5) is 37.1. The largest absolute Gasteiger partial charge is 0.333 e. The number of amides is 3. The van der Waals surface area contributed by atoms with Crippen LogP contribution in [0.4, 0.5) is 11.4 Å². The number of anilines is 2. The molecule has 1 aliphatic rings. The van der Waals surface area contributed by atoms with Crippen molar-refractivity contribution in [2.45, 2.75) is 26.8 Å². The fourth-order valence-corrected chi connectivity index (χ4v) is 2.61. The zero-order valence-electron chi connectivity index (χ0n) is 14.0. The van der Waals surface area contributed by atoms with Gasteiger partial charge in [0, 0.05) is 56.5 Å².